The number of hydrogen-bond acceptors (Lipinski definition) is 1. The summed E-state index contributed by atoms with van der Waals surface area (Å²) in [4.78, 5) is 4.01. The molecule has 0 fully saturated rings. The lowest BCUT2D eigenvalue weighted by molar-refractivity contribution is 1.33. The Morgan fingerprint density at radius 1 is 1.17 bits per heavy atom. The van der Waals surface area contributed by atoms with Crippen molar-refractivity contribution in [1.82, 2.24) is 5.32 Å². The summed E-state index contributed by atoms with van der Waals surface area (Å²) in [5.41, 5.74) is 2.53. The van der Waals surface area contributed by atoms with Gasteiger partial charge in [-0.2, -0.15) is 0 Å². The minimum absolute atomic E-state index is 0.270. The van der Waals surface area contributed by atoms with Gasteiger partial charge >= 0.3 is 0 Å². The van der Waals surface area contributed by atoms with Gasteiger partial charge in [0, 0.05) is 5.02 Å². The lowest BCUT2D eigenvalue weighted by Crippen LogP contribution is -1.95. The number of hydrogen-bond donors (Lipinski definition) is 0. The van der Waals surface area contributed by atoms with Gasteiger partial charge in [-0.05, 0) is 36.2 Å². The zero-order valence-corrected chi connectivity index (χ0v) is 7.82. The molecule has 0 N–H and O–H groups in total. The van der Waals surface area contributed by atoms with E-state index in [-0.39, 0.29) is 5.29 Å². The number of aryl methyl sites for hydroxylation is 1. The first kappa shape index (κ1) is 7.90. The molecule has 1 aromatic rings. The number of amidine groups is 1. The number of aliphatic imine (C=N–C) groups is 1. The minimum Gasteiger partial charge on any atom is -0.216 e. The van der Waals surface area contributed by atoms with Gasteiger partial charge in [0.1, 0.15) is 0 Å². The van der Waals surface area contributed by atoms with Gasteiger partial charge in [-0.25, -0.2) is 10.3 Å². The minimum atomic E-state index is 0.270. The molecule has 0 amide bonds. The SMILES string of the molecule is Cc1cc2c(cc1Cl)[N]C(Cl)=N2. The molecule has 2 nitrogen and oxygen atoms in total. The molecule has 0 saturated carbocycles. The molecule has 0 aliphatic carbocycles. The van der Waals surface area contributed by atoms with Gasteiger partial charge < -0.3 is 0 Å². The smallest absolute Gasteiger partial charge is 0.216 e. The van der Waals surface area contributed by atoms with E-state index in [9.17, 15) is 0 Å². The summed E-state index contributed by atoms with van der Waals surface area (Å²) in [6, 6.07) is 3.64. The van der Waals surface area contributed by atoms with Crippen LogP contribution in [0.3, 0.4) is 0 Å². The molecule has 0 saturated heterocycles. The average molecular weight is 200 g/mol. The lowest BCUT2D eigenvalue weighted by Gasteiger charge is -1.99. The fraction of sp³-hybridized carbons (Fsp3) is 0.125. The Kier molecular flexibility index (Phi) is 1.74. The highest BCUT2D eigenvalue weighted by Crippen LogP contribution is 2.35. The zero-order chi connectivity index (χ0) is 8.72. The molecule has 0 aromatic heterocycles. The van der Waals surface area contributed by atoms with E-state index < -0.39 is 0 Å². The molecule has 1 heterocycles. The van der Waals surface area contributed by atoms with Gasteiger partial charge in [-0.1, -0.05) is 11.6 Å². The summed E-state index contributed by atoms with van der Waals surface area (Å²) < 4.78 is 0. The van der Waals surface area contributed by atoms with Crippen molar-refractivity contribution in [1.29, 1.82) is 0 Å². The Hall–Kier alpha value is -0.730. The first-order valence-electron chi connectivity index (χ1n) is 3.43. The second-order valence-corrected chi connectivity index (χ2v) is 3.33. The van der Waals surface area contributed by atoms with E-state index in [0.717, 1.165) is 16.9 Å². The van der Waals surface area contributed by atoms with Crippen LogP contribution in [0.5, 0.6) is 0 Å². The van der Waals surface area contributed by atoms with Crippen LogP contribution in [0.25, 0.3) is 0 Å². The van der Waals surface area contributed by atoms with Crippen LogP contribution >= 0.6 is 23.2 Å². The number of nitrogens with zero attached hydrogens (tertiary/aromatic N) is 2. The van der Waals surface area contributed by atoms with Crippen molar-refractivity contribution in [2.24, 2.45) is 4.99 Å². The van der Waals surface area contributed by atoms with Crippen molar-refractivity contribution in [2.75, 3.05) is 0 Å². The van der Waals surface area contributed by atoms with Crippen molar-refractivity contribution >= 4 is 39.9 Å². The monoisotopic (exact) mass is 199 g/mol. The number of benzene rings is 1. The Morgan fingerprint density at radius 3 is 2.67 bits per heavy atom. The van der Waals surface area contributed by atoms with E-state index in [0.29, 0.717) is 5.02 Å². The van der Waals surface area contributed by atoms with Crippen molar-refractivity contribution in [3.63, 3.8) is 0 Å². The Bertz CT molecular complexity index is 372. The standard InChI is InChI=1S/C8H5Cl2N2/c1-4-2-6-7(3-5(4)9)12-8(10)11-6/h2-3H,1H3. The second-order valence-electron chi connectivity index (χ2n) is 2.58. The maximum atomic E-state index is 5.89. The molecule has 4 heteroatoms. The van der Waals surface area contributed by atoms with Crippen LogP contribution in [-0.2, 0) is 0 Å². The van der Waals surface area contributed by atoms with Crippen LogP contribution in [0.1, 0.15) is 5.56 Å². The predicted octanol–water partition coefficient (Wildman–Crippen LogP) is 3.12. The molecule has 1 aliphatic heterocycles. The zero-order valence-electron chi connectivity index (χ0n) is 6.31. The van der Waals surface area contributed by atoms with Gasteiger partial charge in [0.2, 0.25) is 5.29 Å². The summed E-state index contributed by atoms with van der Waals surface area (Å²) in [6.07, 6.45) is 0. The van der Waals surface area contributed by atoms with Crippen LogP contribution in [0.4, 0.5) is 11.4 Å². The highest BCUT2D eigenvalue weighted by Gasteiger charge is 2.15. The molecule has 61 valence electrons. The van der Waals surface area contributed by atoms with E-state index in [1.165, 1.54) is 0 Å². The Labute approximate surface area is 80.2 Å². The molecular formula is C8H5Cl2N2. The van der Waals surface area contributed by atoms with E-state index in [2.05, 4.69) is 10.3 Å². The lowest BCUT2D eigenvalue weighted by atomic mass is 10.2. The maximum absolute atomic E-state index is 5.89. The van der Waals surface area contributed by atoms with E-state index in [1.54, 1.807) is 6.07 Å². The molecule has 12 heavy (non-hydrogen) atoms. The van der Waals surface area contributed by atoms with Gasteiger partial charge in [0.15, 0.2) is 0 Å². The quantitative estimate of drug-likeness (QED) is 0.575. The topological polar surface area (TPSA) is 26.5 Å². The van der Waals surface area contributed by atoms with Crippen LogP contribution < -0.4 is 5.32 Å². The largest absolute Gasteiger partial charge is 0.223 e. The second kappa shape index (κ2) is 2.64. The van der Waals surface area contributed by atoms with E-state index >= 15 is 0 Å². The number of fused-ring (bicyclic) bond motifs is 1. The van der Waals surface area contributed by atoms with Gasteiger partial charge in [0.25, 0.3) is 0 Å². The molecule has 0 atom stereocenters. The Morgan fingerprint density at radius 2 is 1.92 bits per heavy atom. The van der Waals surface area contributed by atoms with E-state index in [4.69, 9.17) is 23.2 Å². The highest BCUT2D eigenvalue weighted by molar-refractivity contribution is 6.66. The predicted molar refractivity (Wildman–Crippen MR) is 50.9 cm³/mol. The molecular weight excluding hydrogens is 195 g/mol. The molecule has 0 unspecified atom stereocenters. The molecule has 1 radical (unpaired) electrons. The molecule has 0 spiro atoms. The third-order valence-corrected chi connectivity index (χ3v) is 2.26. The summed E-state index contributed by atoms with van der Waals surface area (Å²) in [5, 5.41) is 4.95. The van der Waals surface area contributed by atoms with Crippen molar-refractivity contribution < 1.29 is 0 Å². The van der Waals surface area contributed by atoms with Crippen LogP contribution in [0.2, 0.25) is 5.02 Å². The van der Waals surface area contributed by atoms with Crippen molar-refractivity contribution in [3.05, 3.63) is 22.7 Å². The number of halogens is 2. The third-order valence-electron chi connectivity index (χ3n) is 1.68. The fourth-order valence-corrected chi connectivity index (χ4v) is 1.40. The third kappa shape index (κ3) is 1.17. The molecule has 1 aromatic carbocycles. The van der Waals surface area contributed by atoms with Crippen molar-refractivity contribution in [2.45, 2.75) is 6.92 Å². The van der Waals surface area contributed by atoms with Gasteiger partial charge in [0.05, 0.1) is 11.4 Å². The van der Waals surface area contributed by atoms with Crippen LogP contribution in [0.15, 0.2) is 17.1 Å². The molecule has 2 rings (SSSR count). The van der Waals surface area contributed by atoms with Crippen LogP contribution in [0, 0.1) is 6.92 Å². The van der Waals surface area contributed by atoms with Crippen LogP contribution in [-0.4, -0.2) is 5.29 Å². The van der Waals surface area contributed by atoms with E-state index in [1.807, 2.05) is 13.0 Å². The first-order valence-corrected chi connectivity index (χ1v) is 4.18. The summed E-state index contributed by atoms with van der Waals surface area (Å²) in [6.45, 7) is 1.92. The Balaban J connectivity index is 2.57. The highest BCUT2D eigenvalue weighted by atomic mass is 35.5. The summed E-state index contributed by atoms with van der Waals surface area (Å²) in [5.74, 6) is 0. The molecule has 0 bridgehead atoms. The summed E-state index contributed by atoms with van der Waals surface area (Å²) >= 11 is 11.5. The fourth-order valence-electron chi connectivity index (χ4n) is 1.06. The maximum Gasteiger partial charge on any atom is 0.223 e. The first-order chi connectivity index (χ1) is 5.66. The summed E-state index contributed by atoms with van der Waals surface area (Å²) in [7, 11) is 0. The average Bonchev–Trinajstić information content (AvgIpc) is 2.30. The van der Waals surface area contributed by atoms with Gasteiger partial charge in [-0.3, -0.25) is 0 Å². The molecule has 1 aliphatic rings. The van der Waals surface area contributed by atoms with Gasteiger partial charge in [-0.15, -0.1) is 0 Å². The van der Waals surface area contributed by atoms with Crippen molar-refractivity contribution in [3.8, 4) is 0 Å². The normalized spacial score (nSPS) is 13.8. The number of rotatable bonds is 0.